The summed E-state index contributed by atoms with van der Waals surface area (Å²) in [5.41, 5.74) is 6.99. The molecule has 2 aromatic heterocycles. The van der Waals surface area contributed by atoms with E-state index in [4.69, 9.17) is 15.5 Å². The van der Waals surface area contributed by atoms with E-state index in [-0.39, 0.29) is 34.0 Å². The summed E-state index contributed by atoms with van der Waals surface area (Å²) in [6.07, 6.45) is 7.99. The number of rotatable bonds is 5. The molecule has 1 atom stereocenters. The number of benzene rings is 2. The summed E-state index contributed by atoms with van der Waals surface area (Å²) in [4.78, 5) is 18.7. The number of hydrogen-bond donors (Lipinski definition) is 2. The largest absolute Gasteiger partial charge is 0.508 e. The van der Waals surface area contributed by atoms with E-state index < -0.39 is 5.82 Å². The summed E-state index contributed by atoms with van der Waals surface area (Å²) in [5.74, 6) is 0.0907. The predicted octanol–water partition coefficient (Wildman–Crippen LogP) is 5.01. The van der Waals surface area contributed by atoms with Gasteiger partial charge in [-0.25, -0.2) is 4.39 Å². The van der Waals surface area contributed by atoms with Crippen molar-refractivity contribution < 1.29 is 14.2 Å². The van der Waals surface area contributed by atoms with Crippen molar-refractivity contribution in [2.45, 2.75) is 56.5 Å². The molecule has 5 heterocycles. The van der Waals surface area contributed by atoms with Gasteiger partial charge in [-0.3, -0.25) is 9.88 Å². The Hall–Kier alpha value is -3.56. The number of halogens is 1. The van der Waals surface area contributed by atoms with Crippen LogP contribution >= 0.6 is 0 Å². The summed E-state index contributed by atoms with van der Waals surface area (Å²) < 4.78 is 22.8. The van der Waals surface area contributed by atoms with Crippen LogP contribution in [0.4, 0.5) is 10.2 Å². The average Bonchev–Trinajstić information content (AvgIpc) is 3.52. The van der Waals surface area contributed by atoms with Crippen LogP contribution in [-0.4, -0.2) is 68.8 Å². The van der Waals surface area contributed by atoms with Crippen molar-refractivity contribution in [1.29, 1.82) is 0 Å². The van der Waals surface area contributed by atoms with Gasteiger partial charge in [0.05, 0.1) is 10.9 Å². The van der Waals surface area contributed by atoms with Crippen molar-refractivity contribution in [2.75, 3.05) is 37.7 Å². The van der Waals surface area contributed by atoms with E-state index in [1.54, 1.807) is 18.3 Å². The first kappa shape index (κ1) is 25.4. The predicted molar refractivity (Wildman–Crippen MR) is 154 cm³/mol. The number of nitrogens with two attached hydrogens (primary N) is 1. The molecule has 3 saturated heterocycles. The summed E-state index contributed by atoms with van der Waals surface area (Å²) in [7, 11) is 0. The van der Waals surface area contributed by atoms with Gasteiger partial charge in [0.2, 0.25) is 0 Å². The monoisotopic (exact) mass is 542 g/mol. The highest BCUT2D eigenvalue weighted by molar-refractivity contribution is 5.99. The van der Waals surface area contributed by atoms with Crippen molar-refractivity contribution in [3.05, 3.63) is 48.4 Å². The lowest BCUT2D eigenvalue weighted by molar-refractivity contribution is 0.108. The fourth-order valence-electron chi connectivity index (χ4n) is 7.11. The first-order valence-corrected chi connectivity index (χ1v) is 14.3. The summed E-state index contributed by atoms with van der Waals surface area (Å²) >= 11 is 0. The summed E-state index contributed by atoms with van der Waals surface area (Å²) in [6, 6.07) is 11.0. The maximum atomic E-state index is 16.5. The number of anilines is 1. The maximum absolute atomic E-state index is 16.5. The number of pyridine rings is 1. The molecule has 0 aliphatic carbocycles. The van der Waals surface area contributed by atoms with E-state index in [0.717, 1.165) is 68.9 Å². The van der Waals surface area contributed by atoms with Crippen molar-refractivity contribution in [1.82, 2.24) is 19.9 Å². The molecular weight excluding hydrogens is 507 g/mol. The SMILES string of the molecule is C[C@@]1(N)CCCN(c2nc(OCC34CCCN3CCC4)nc3c(F)c(-c4cc(O)cc5ccccc45)ncc23)C1. The van der Waals surface area contributed by atoms with E-state index >= 15 is 4.39 Å². The number of fused-ring (bicyclic) bond motifs is 3. The Labute approximate surface area is 233 Å². The second kappa shape index (κ2) is 9.52. The zero-order valence-electron chi connectivity index (χ0n) is 22.9. The Morgan fingerprint density at radius 1 is 1.02 bits per heavy atom. The number of nitrogens with zero attached hydrogens (tertiary/aromatic N) is 5. The number of hydrogen-bond acceptors (Lipinski definition) is 8. The van der Waals surface area contributed by atoms with Gasteiger partial charge in [0.1, 0.15) is 29.4 Å². The van der Waals surface area contributed by atoms with Crippen molar-refractivity contribution in [3.8, 4) is 23.0 Å². The summed E-state index contributed by atoms with van der Waals surface area (Å²) in [5, 5.41) is 12.5. The molecule has 3 aliphatic rings. The minimum absolute atomic E-state index is 0.0157. The molecule has 208 valence electrons. The Bertz CT molecular complexity index is 1600. The van der Waals surface area contributed by atoms with E-state index in [1.807, 2.05) is 31.2 Å². The molecular formula is C31H35FN6O2. The van der Waals surface area contributed by atoms with Crippen LogP contribution in [0.1, 0.15) is 45.4 Å². The molecule has 0 spiro atoms. The van der Waals surface area contributed by atoms with Crippen LogP contribution in [0.3, 0.4) is 0 Å². The number of aromatic hydroxyl groups is 1. The standard InChI is InChI=1S/C31H35FN6O2/c1-30(33)9-4-12-37(18-30)28-24-17-34-26(23-16-21(39)15-20-7-2-3-8-22(20)23)25(32)27(24)35-29(36-28)40-19-31-10-5-13-38(31)14-6-11-31/h2-3,7-8,15-17,39H,4-6,9-14,18-19,33H2,1H3/t30-/m1/s1. The summed E-state index contributed by atoms with van der Waals surface area (Å²) in [6.45, 7) is 6.07. The van der Waals surface area contributed by atoms with Crippen LogP contribution < -0.4 is 15.4 Å². The number of ether oxygens (including phenoxy) is 1. The van der Waals surface area contributed by atoms with Crippen molar-refractivity contribution in [3.63, 3.8) is 0 Å². The number of piperidine rings is 1. The number of aromatic nitrogens is 3. The lowest BCUT2D eigenvalue weighted by Crippen LogP contribution is -2.52. The molecule has 2 aromatic carbocycles. The smallest absolute Gasteiger partial charge is 0.319 e. The highest BCUT2D eigenvalue weighted by atomic mass is 19.1. The minimum atomic E-state index is -0.559. The highest BCUT2D eigenvalue weighted by Gasteiger charge is 2.45. The van der Waals surface area contributed by atoms with Gasteiger partial charge >= 0.3 is 6.01 Å². The van der Waals surface area contributed by atoms with Crippen LogP contribution in [0.25, 0.3) is 32.9 Å². The van der Waals surface area contributed by atoms with Gasteiger partial charge in [-0.05, 0) is 81.4 Å². The maximum Gasteiger partial charge on any atom is 0.319 e. The second-order valence-electron chi connectivity index (χ2n) is 12.1. The molecule has 40 heavy (non-hydrogen) atoms. The van der Waals surface area contributed by atoms with E-state index in [0.29, 0.717) is 29.9 Å². The molecule has 3 aliphatic heterocycles. The first-order chi connectivity index (χ1) is 19.3. The molecule has 4 aromatic rings. The van der Waals surface area contributed by atoms with Gasteiger partial charge in [0, 0.05) is 30.4 Å². The molecule has 0 bridgehead atoms. The highest BCUT2D eigenvalue weighted by Crippen LogP contribution is 2.40. The lowest BCUT2D eigenvalue weighted by Gasteiger charge is -2.39. The Balaban J connectivity index is 1.36. The van der Waals surface area contributed by atoms with Crippen LogP contribution in [0.15, 0.2) is 42.6 Å². The molecule has 8 nitrogen and oxygen atoms in total. The quantitative estimate of drug-likeness (QED) is 0.363. The Morgan fingerprint density at radius 2 is 1.80 bits per heavy atom. The van der Waals surface area contributed by atoms with Gasteiger partial charge in [0.15, 0.2) is 5.82 Å². The lowest BCUT2D eigenvalue weighted by atomic mass is 9.92. The fourth-order valence-corrected chi connectivity index (χ4v) is 7.11. The van der Waals surface area contributed by atoms with Gasteiger partial charge in [0.25, 0.3) is 0 Å². The number of phenolic OH excluding ortho intramolecular Hbond substituents is 1. The van der Waals surface area contributed by atoms with E-state index in [1.165, 1.54) is 0 Å². The van der Waals surface area contributed by atoms with Crippen LogP contribution in [0.5, 0.6) is 11.8 Å². The van der Waals surface area contributed by atoms with Gasteiger partial charge < -0.3 is 20.5 Å². The molecule has 9 heteroatoms. The Kier molecular flexibility index (Phi) is 6.05. The molecule has 0 unspecified atom stereocenters. The average molecular weight is 543 g/mol. The Morgan fingerprint density at radius 3 is 2.60 bits per heavy atom. The third-order valence-electron chi connectivity index (χ3n) is 9.05. The molecule has 0 radical (unpaired) electrons. The first-order valence-electron chi connectivity index (χ1n) is 14.3. The third kappa shape index (κ3) is 4.32. The minimum Gasteiger partial charge on any atom is -0.508 e. The topological polar surface area (TPSA) is 101 Å². The van der Waals surface area contributed by atoms with Gasteiger partial charge in [-0.1, -0.05) is 24.3 Å². The number of phenols is 1. The normalized spacial score (nSPS) is 22.7. The molecule has 7 rings (SSSR count). The molecule has 0 saturated carbocycles. The van der Waals surface area contributed by atoms with Crippen molar-refractivity contribution >= 4 is 27.5 Å². The van der Waals surface area contributed by atoms with Crippen LogP contribution in [-0.2, 0) is 0 Å². The van der Waals surface area contributed by atoms with Gasteiger partial charge in [-0.2, -0.15) is 9.97 Å². The fraction of sp³-hybridized carbons (Fsp3) is 0.452. The van der Waals surface area contributed by atoms with E-state index in [2.05, 4.69) is 19.8 Å². The molecule has 3 N–H and O–H groups in total. The second-order valence-corrected chi connectivity index (χ2v) is 12.1. The van der Waals surface area contributed by atoms with Gasteiger partial charge in [-0.15, -0.1) is 0 Å². The van der Waals surface area contributed by atoms with Crippen LogP contribution in [0, 0.1) is 5.82 Å². The van der Waals surface area contributed by atoms with Crippen LogP contribution in [0.2, 0.25) is 0 Å². The zero-order chi connectivity index (χ0) is 27.5. The molecule has 3 fully saturated rings. The zero-order valence-corrected chi connectivity index (χ0v) is 22.9. The van der Waals surface area contributed by atoms with Crippen molar-refractivity contribution in [2.24, 2.45) is 5.73 Å². The van der Waals surface area contributed by atoms with E-state index in [9.17, 15) is 5.11 Å². The molecule has 0 amide bonds. The third-order valence-corrected chi connectivity index (χ3v) is 9.05.